The summed E-state index contributed by atoms with van der Waals surface area (Å²) in [5.41, 5.74) is 4.73. The molecule has 0 atom stereocenters. The molecule has 0 fully saturated rings. The number of ether oxygens (including phenoxy) is 1. The van der Waals surface area contributed by atoms with Crippen molar-refractivity contribution in [1.29, 1.82) is 0 Å². The maximum Gasteiger partial charge on any atom is 0.262 e. The maximum absolute atomic E-state index is 12.4. The van der Waals surface area contributed by atoms with Crippen molar-refractivity contribution in [3.05, 3.63) is 51.5 Å². The Morgan fingerprint density at radius 2 is 1.96 bits per heavy atom. The van der Waals surface area contributed by atoms with Crippen LogP contribution >= 0.6 is 15.9 Å². The number of rotatable bonds is 4. The summed E-state index contributed by atoms with van der Waals surface area (Å²) in [4.78, 5) is 25.9. The highest BCUT2D eigenvalue weighted by atomic mass is 79.9. The van der Waals surface area contributed by atoms with Crippen LogP contribution in [0.15, 0.2) is 34.8 Å². The summed E-state index contributed by atoms with van der Waals surface area (Å²) in [6, 6.07) is 9.53. The van der Waals surface area contributed by atoms with Crippen LogP contribution in [-0.4, -0.2) is 25.0 Å². The Bertz CT molecular complexity index is 880. The van der Waals surface area contributed by atoms with Crippen molar-refractivity contribution in [3.63, 3.8) is 0 Å². The SMILES string of the molecule is CC(=O)N1CCc2cc(Br)cc(NC(=O)COc3ccc(C)c(C)c3)c21. The molecule has 26 heavy (non-hydrogen) atoms. The molecule has 0 aromatic heterocycles. The third-order valence-corrected chi connectivity index (χ3v) is 4.99. The highest BCUT2D eigenvalue weighted by molar-refractivity contribution is 9.10. The van der Waals surface area contributed by atoms with Gasteiger partial charge in [-0.3, -0.25) is 9.59 Å². The van der Waals surface area contributed by atoms with Crippen LogP contribution in [0.2, 0.25) is 0 Å². The maximum atomic E-state index is 12.4. The number of fused-ring (bicyclic) bond motifs is 1. The van der Waals surface area contributed by atoms with Crippen LogP contribution in [0.1, 0.15) is 23.6 Å². The zero-order valence-electron chi connectivity index (χ0n) is 15.1. The van der Waals surface area contributed by atoms with Crippen molar-refractivity contribution < 1.29 is 14.3 Å². The molecule has 0 radical (unpaired) electrons. The van der Waals surface area contributed by atoms with Crippen LogP contribution in [-0.2, 0) is 16.0 Å². The van der Waals surface area contributed by atoms with E-state index in [1.54, 1.807) is 4.90 Å². The molecule has 6 heteroatoms. The number of aryl methyl sites for hydroxylation is 2. The van der Waals surface area contributed by atoms with Crippen molar-refractivity contribution in [1.82, 2.24) is 0 Å². The van der Waals surface area contributed by atoms with Gasteiger partial charge in [0.1, 0.15) is 5.75 Å². The third kappa shape index (κ3) is 3.90. The number of halogens is 1. The molecule has 5 nitrogen and oxygen atoms in total. The Balaban J connectivity index is 1.73. The summed E-state index contributed by atoms with van der Waals surface area (Å²) in [6.45, 7) is 6.10. The second-order valence-electron chi connectivity index (χ2n) is 6.46. The van der Waals surface area contributed by atoms with Crippen molar-refractivity contribution in [2.24, 2.45) is 0 Å². The average Bonchev–Trinajstić information content (AvgIpc) is 3.00. The van der Waals surface area contributed by atoms with E-state index in [0.29, 0.717) is 18.0 Å². The zero-order chi connectivity index (χ0) is 18.8. The van der Waals surface area contributed by atoms with Crippen LogP contribution in [0.5, 0.6) is 5.75 Å². The van der Waals surface area contributed by atoms with E-state index in [0.717, 1.165) is 27.7 Å². The minimum atomic E-state index is -0.265. The standard InChI is InChI=1S/C20H21BrN2O3/c1-12-4-5-17(8-13(12)2)26-11-19(25)22-18-10-16(21)9-15-6-7-23(14(3)24)20(15)18/h4-5,8-10H,6-7,11H2,1-3H3,(H,22,25). The highest BCUT2D eigenvalue weighted by Crippen LogP contribution is 2.38. The van der Waals surface area contributed by atoms with E-state index in [-0.39, 0.29) is 18.4 Å². The summed E-state index contributed by atoms with van der Waals surface area (Å²) >= 11 is 3.47. The van der Waals surface area contributed by atoms with Crippen LogP contribution in [0.25, 0.3) is 0 Å². The van der Waals surface area contributed by atoms with Gasteiger partial charge in [-0.05, 0) is 61.2 Å². The Labute approximate surface area is 161 Å². The Kier molecular flexibility index (Phi) is 5.32. The molecule has 2 amide bonds. The average molecular weight is 417 g/mol. The molecule has 1 aliphatic heterocycles. The van der Waals surface area contributed by atoms with E-state index in [2.05, 4.69) is 21.2 Å². The number of anilines is 2. The summed E-state index contributed by atoms with van der Waals surface area (Å²) in [5.74, 6) is 0.361. The molecule has 0 bridgehead atoms. The normalized spacial score (nSPS) is 12.7. The van der Waals surface area contributed by atoms with E-state index in [1.165, 1.54) is 12.5 Å². The lowest BCUT2D eigenvalue weighted by molar-refractivity contribution is -0.118. The first-order valence-electron chi connectivity index (χ1n) is 8.45. The second kappa shape index (κ2) is 7.50. The smallest absolute Gasteiger partial charge is 0.262 e. The first-order valence-corrected chi connectivity index (χ1v) is 9.25. The van der Waals surface area contributed by atoms with Gasteiger partial charge in [-0.1, -0.05) is 22.0 Å². The predicted molar refractivity (Wildman–Crippen MR) is 106 cm³/mol. The fraction of sp³-hybridized carbons (Fsp3) is 0.300. The second-order valence-corrected chi connectivity index (χ2v) is 7.38. The molecule has 0 aliphatic carbocycles. The van der Waals surface area contributed by atoms with Gasteiger partial charge in [-0.15, -0.1) is 0 Å². The van der Waals surface area contributed by atoms with Crippen LogP contribution in [0.4, 0.5) is 11.4 Å². The van der Waals surface area contributed by atoms with Crippen molar-refractivity contribution >= 4 is 39.1 Å². The predicted octanol–water partition coefficient (Wildman–Crippen LogP) is 3.99. The minimum Gasteiger partial charge on any atom is -0.484 e. The Hall–Kier alpha value is -2.34. The van der Waals surface area contributed by atoms with Gasteiger partial charge in [-0.25, -0.2) is 0 Å². The number of carbonyl (C=O) groups is 2. The fourth-order valence-electron chi connectivity index (χ4n) is 3.06. The molecule has 1 aliphatic rings. The molecular weight excluding hydrogens is 396 g/mol. The zero-order valence-corrected chi connectivity index (χ0v) is 16.6. The van der Waals surface area contributed by atoms with E-state index >= 15 is 0 Å². The molecule has 2 aromatic carbocycles. The topological polar surface area (TPSA) is 58.6 Å². The van der Waals surface area contributed by atoms with Gasteiger partial charge in [0, 0.05) is 17.9 Å². The van der Waals surface area contributed by atoms with Crippen LogP contribution < -0.4 is 15.0 Å². The van der Waals surface area contributed by atoms with E-state index in [9.17, 15) is 9.59 Å². The van der Waals surface area contributed by atoms with Gasteiger partial charge in [0.05, 0.1) is 11.4 Å². The monoisotopic (exact) mass is 416 g/mol. The van der Waals surface area contributed by atoms with Gasteiger partial charge in [0.25, 0.3) is 5.91 Å². The summed E-state index contributed by atoms with van der Waals surface area (Å²) in [6.07, 6.45) is 0.774. The number of nitrogens with zero attached hydrogens (tertiary/aromatic N) is 1. The first kappa shape index (κ1) is 18.5. The molecule has 0 saturated heterocycles. The summed E-state index contributed by atoms with van der Waals surface area (Å²) in [7, 11) is 0. The third-order valence-electron chi connectivity index (χ3n) is 4.53. The number of carbonyl (C=O) groups excluding carboxylic acids is 2. The van der Waals surface area contributed by atoms with Crippen LogP contribution in [0, 0.1) is 13.8 Å². The molecule has 0 spiro atoms. The van der Waals surface area contributed by atoms with Crippen LogP contribution in [0.3, 0.4) is 0 Å². The van der Waals surface area contributed by atoms with Gasteiger partial charge >= 0.3 is 0 Å². The lowest BCUT2D eigenvalue weighted by Crippen LogP contribution is -2.28. The molecule has 136 valence electrons. The Morgan fingerprint density at radius 1 is 1.19 bits per heavy atom. The molecule has 0 saturated carbocycles. The highest BCUT2D eigenvalue weighted by Gasteiger charge is 2.26. The molecule has 1 heterocycles. The van der Waals surface area contributed by atoms with Gasteiger partial charge < -0.3 is 15.0 Å². The number of benzene rings is 2. The molecule has 0 unspecified atom stereocenters. The van der Waals surface area contributed by atoms with Crippen molar-refractivity contribution in [3.8, 4) is 5.75 Å². The molecular formula is C20H21BrN2O3. The molecule has 2 aromatic rings. The minimum absolute atomic E-state index is 0.0343. The van der Waals surface area contributed by atoms with Gasteiger partial charge in [0.15, 0.2) is 6.61 Å². The molecule has 3 rings (SSSR count). The summed E-state index contributed by atoms with van der Waals surface area (Å²) < 4.78 is 6.46. The van der Waals surface area contributed by atoms with Crippen molar-refractivity contribution in [2.45, 2.75) is 27.2 Å². The van der Waals surface area contributed by atoms with Crippen molar-refractivity contribution in [2.75, 3.05) is 23.4 Å². The lowest BCUT2D eigenvalue weighted by Gasteiger charge is -2.19. The fourth-order valence-corrected chi connectivity index (χ4v) is 3.56. The number of nitrogens with one attached hydrogen (secondary N) is 1. The number of amides is 2. The van der Waals surface area contributed by atoms with E-state index in [1.807, 2.05) is 44.2 Å². The number of hydrogen-bond acceptors (Lipinski definition) is 3. The van der Waals surface area contributed by atoms with E-state index < -0.39 is 0 Å². The Morgan fingerprint density at radius 3 is 2.65 bits per heavy atom. The summed E-state index contributed by atoms with van der Waals surface area (Å²) in [5, 5.41) is 2.88. The molecule has 1 N–H and O–H groups in total. The van der Waals surface area contributed by atoms with Gasteiger partial charge in [0.2, 0.25) is 5.91 Å². The number of hydrogen-bond donors (Lipinski definition) is 1. The van der Waals surface area contributed by atoms with Gasteiger partial charge in [-0.2, -0.15) is 0 Å². The first-order chi connectivity index (χ1) is 12.3. The van der Waals surface area contributed by atoms with E-state index in [4.69, 9.17) is 4.74 Å². The quantitative estimate of drug-likeness (QED) is 0.819. The lowest BCUT2D eigenvalue weighted by atomic mass is 10.1. The largest absolute Gasteiger partial charge is 0.484 e.